The number of benzene rings is 1. The highest BCUT2D eigenvalue weighted by Gasteiger charge is 2.14. The van der Waals surface area contributed by atoms with Crippen molar-refractivity contribution in [3.8, 4) is 0 Å². The SMILES string of the molecule is O=C(Nc1noc2ncccc12)c1ccccc1Cl. The van der Waals surface area contributed by atoms with Crippen molar-refractivity contribution < 1.29 is 9.32 Å². The fourth-order valence-corrected chi connectivity index (χ4v) is 1.91. The molecule has 0 atom stereocenters. The van der Waals surface area contributed by atoms with Crippen molar-refractivity contribution in [3.63, 3.8) is 0 Å². The predicted octanol–water partition coefficient (Wildman–Crippen LogP) is 3.13. The Labute approximate surface area is 113 Å². The van der Waals surface area contributed by atoms with E-state index in [1.807, 2.05) is 0 Å². The number of hydrogen-bond donors (Lipinski definition) is 1. The van der Waals surface area contributed by atoms with Gasteiger partial charge in [0.1, 0.15) is 0 Å². The van der Waals surface area contributed by atoms with Crippen LogP contribution in [0.25, 0.3) is 11.1 Å². The molecule has 6 heteroatoms. The summed E-state index contributed by atoms with van der Waals surface area (Å²) in [4.78, 5) is 16.1. The first-order chi connectivity index (χ1) is 9.25. The highest BCUT2D eigenvalue weighted by molar-refractivity contribution is 6.34. The molecular weight excluding hydrogens is 266 g/mol. The van der Waals surface area contributed by atoms with Gasteiger partial charge in [-0.15, -0.1) is 0 Å². The van der Waals surface area contributed by atoms with Crippen LogP contribution in [0.5, 0.6) is 0 Å². The molecule has 19 heavy (non-hydrogen) atoms. The highest BCUT2D eigenvalue weighted by Crippen LogP contribution is 2.22. The fourth-order valence-electron chi connectivity index (χ4n) is 1.69. The number of hydrogen-bond acceptors (Lipinski definition) is 4. The van der Waals surface area contributed by atoms with Gasteiger partial charge < -0.3 is 9.84 Å². The van der Waals surface area contributed by atoms with Crippen molar-refractivity contribution >= 4 is 34.4 Å². The molecule has 0 unspecified atom stereocenters. The van der Waals surface area contributed by atoms with Crippen molar-refractivity contribution in [1.29, 1.82) is 0 Å². The second-order valence-corrected chi connectivity index (χ2v) is 4.23. The first kappa shape index (κ1) is 11.7. The average molecular weight is 274 g/mol. The van der Waals surface area contributed by atoms with Gasteiger partial charge in [-0.05, 0) is 24.3 Å². The summed E-state index contributed by atoms with van der Waals surface area (Å²) in [6.07, 6.45) is 1.59. The van der Waals surface area contributed by atoms with Crippen LogP contribution < -0.4 is 5.32 Å². The third kappa shape index (κ3) is 2.15. The van der Waals surface area contributed by atoms with E-state index in [-0.39, 0.29) is 5.91 Å². The Kier molecular flexibility index (Phi) is 2.89. The van der Waals surface area contributed by atoms with Gasteiger partial charge in [0.25, 0.3) is 11.6 Å². The van der Waals surface area contributed by atoms with E-state index in [2.05, 4.69) is 15.5 Å². The number of fused-ring (bicyclic) bond motifs is 1. The minimum absolute atomic E-state index is 0.327. The van der Waals surface area contributed by atoms with Crippen LogP contribution in [0.3, 0.4) is 0 Å². The normalized spacial score (nSPS) is 10.6. The third-order valence-electron chi connectivity index (χ3n) is 2.60. The average Bonchev–Trinajstić information content (AvgIpc) is 2.83. The lowest BCUT2D eigenvalue weighted by atomic mass is 10.2. The number of rotatable bonds is 2. The molecule has 0 saturated carbocycles. The third-order valence-corrected chi connectivity index (χ3v) is 2.93. The summed E-state index contributed by atoms with van der Waals surface area (Å²) in [6.45, 7) is 0. The molecule has 0 aliphatic carbocycles. The monoisotopic (exact) mass is 273 g/mol. The second-order valence-electron chi connectivity index (χ2n) is 3.82. The van der Waals surface area contributed by atoms with E-state index in [0.717, 1.165) is 0 Å². The van der Waals surface area contributed by atoms with Crippen LogP contribution in [0.15, 0.2) is 47.1 Å². The van der Waals surface area contributed by atoms with Crippen LogP contribution in [-0.2, 0) is 0 Å². The number of nitrogens with one attached hydrogen (secondary N) is 1. The van der Waals surface area contributed by atoms with Gasteiger partial charge in [-0.2, -0.15) is 0 Å². The van der Waals surface area contributed by atoms with Gasteiger partial charge in [0.2, 0.25) is 0 Å². The molecule has 3 rings (SSSR count). The van der Waals surface area contributed by atoms with Crippen LogP contribution in [0.2, 0.25) is 5.02 Å². The maximum Gasteiger partial charge on any atom is 0.259 e. The Hall–Kier alpha value is -2.40. The zero-order valence-corrected chi connectivity index (χ0v) is 10.4. The molecule has 0 spiro atoms. The van der Waals surface area contributed by atoms with Crippen LogP contribution in [-0.4, -0.2) is 16.0 Å². The molecule has 94 valence electrons. The maximum atomic E-state index is 12.1. The van der Waals surface area contributed by atoms with Crippen molar-refractivity contribution in [3.05, 3.63) is 53.2 Å². The molecule has 1 amide bonds. The summed E-state index contributed by atoms with van der Waals surface area (Å²) in [5, 5.41) is 7.45. The molecule has 1 N–H and O–H groups in total. The highest BCUT2D eigenvalue weighted by atomic mass is 35.5. The van der Waals surface area contributed by atoms with E-state index in [4.69, 9.17) is 16.1 Å². The molecule has 0 saturated heterocycles. The number of pyridine rings is 1. The summed E-state index contributed by atoms with van der Waals surface area (Å²) in [5.74, 6) is -0.0160. The Bertz CT molecular complexity index is 754. The molecule has 0 radical (unpaired) electrons. The number of halogens is 1. The largest absolute Gasteiger partial charge is 0.334 e. The minimum Gasteiger partial charge on any atom is -0.334 e. The Balaban J connectivity index is 1.94. The Morgan fingerprint density at radius 1 is 1.21 bits per heavy atom. The molecule has 0 aliphatic rings. The second kappa shape index (κ2) is 4.70. The van der Waals surface area contributed by atoms with Crippen molar-refractivity contribution in [2.45, 2.75) is 0 Å². The number of aromatic nitrogens is 2. The van der Waals surface area contributed by atoms with Gasteiger partial charge >= 0.3 is 0 Å². The fraction of sp³-hybridized carbons (Fsp3) is 0. The molecule has 0 bridgehead atoms. The topological polar surface area (TPSA) is 68.0 Å². The lowest BCUT2D eigenvalue weighted by Gasteiger charge is -2.03. The van der Waals surface area contributed by atoms with Gasteiger partial charge in [0.15, 0.2) is 5.82 Å². The van der Waals surface area contributed by atoms with Crippen molar-refractivity contribution in [1.82, 2.24) is 10.1 Å². The van der Waals surface area contributed by atoms with E-state index >= 15 is 0 Å². The zero-order chi connectivity index (χ0) is 13.2. The lowest BCUT2D eigenvalue weighted by Crippen LogP contribution is -2.12. The summed E-state index contributed by atoms with van der Waals surface area (Å²) in [7, 11) is 0. The van der Waals surface area contributed by atoms with E-state index in [9.17, 15) is 4.79 Å². The van der Waals surface area contributed by atoms with Crippen molar-refractivity contribution in [2.24, 2.45) is 0 Å². The van der Waals surface area contributed by atoms with E-state index in [1.165, 1.54) is 0 Å². The van der Waals surface area contributed by atoms with E-state index in [0.29, 0.717) is 27.5 Å². The number of anilines is 1. The standard InChI is InChI=1S/C13H8ClN3O2/c14-10-6-2-1-4-8(10)12(18)16-11-9-5-3-7-15-13(9)19-17-11/h1-7H,(H,16,17,18). The first-order valence-electron chi connectivity index (χ1n) is 5.52. The number of carbonyl (C=O) groups excluding carboxylic acids is 1. The minimum atomic E-state index is -0.343. The van der Waals surface area contributed by atoms with Gasteiger partial charge in [0, 0.05) is 6.20 Å². The van der Waals surface area contributed by atoms with Crippen LogP contribution in [0, 0.1) is 0 Å². The van der Waals surface area contributed by atoms with Crippen molar-refractivity contribution in [2.75, 3.05) is 5.32 Å². The molecule has 3 aromatic rings. The molecule has 2 heterocycles. The lowest BCUT2D eigenvalue weighted by molar-refractivity contribution is 0.102. The van der Waals surface area contributed by atoms with Crippen LogP contribution in [0.4, 0.5) is 5.82 Å². The number of nitrogens with zero attached hydrogens (tertiary/aromatic N) is 2. The van der Waals surface area contributed by atoms with Crippen LogP contribution in [0.1, 0.15) is 10.4 Å². The van der Waals surface area contributed by atoms with Gasteiger partial charge in [0.05, 0.1) is 16.0 Å². The first-order valence-corrected chi connectivity index (χ1v) is 5.90. The molecule has 2 aromatic heterocycles. The quantitative estimate of drug-likeness (QED) is 0.779. The van der Waals surface area contributed by atoms with Crippen LogP contribution >= 0.6 is 11.6 Å². The molecule has 5 nitrogen and oxygen atoms in total. The molecule has 1 aromatic carbocycles. The van der Waals surface area contributed by atoms with Gasteiger partial charge in [-0.25, -0.2) is 4.98 Å². The van der Waals surface area contributed by atoms with Gasteiger partial charge in [-0.1, -0.05) is 28.9 Å². The van der Waals surface area contributed by atoms with Gasteiger partial charge in [-0.3, -0.25) is 4.79 Å². The predicted molar refractivity (Wildman–Crippen MR) is 71.2 cm³/mol. The van der Waals surface area contributed by atoms with E-state index < -0.39 is 0 Å². The molecular formula is C13H8ClN3O2. The smallest absolute Gasteiger partial charge is 0.259 e. The maximum absolute atomic E-state index is 12.1. The summed E-state index contributed by atoms with van der Waals surface area (Å²) in [5.41, 5.74) is 0.751. The summed E-state index contributed by atoms with van der Waals surface area (Å²) in [6, 6.07) is 10.3. The Morgan fingerprint density at radius 3 is 2.89 bits per heavy atom. The zero-order valence-electron chi connectivity index (χ0n) is 9.63. The summed E-state index contributed by atoms with van der Waals surface area (Å²) < 4.78 is 5.01. The van der Waals surface area contributed by atoms with E-state index in [1.54, 1.807) is 42.6 Å². The molecule has 0 aliphatic heterocycles. The summed E-state index contributed by atoms with van der Waals surface area (Å²) >= 11 is 5.96. The Morgan fingerprint density at radius 2 is 2.05 bits per heavy atom. The number of amides is 1. The molecule has 0 fully saturated rings. The number of carbonyl (C=O) groups is 1.